The molecule has 0 aliphatic carbocycles. The molecule has 2 rings (SSSR count). The van der Waals surface area contributed by atoms with Gasteiger partial charge >= 0.3 is 11.9 Å². The molecule has 1 saturated heterocycles. The van der Waals surface area contributed by atoms with Gasteiger partial charge in [0.1, 0.15) is 11.4 Å². The van der Waals surface area contributed by atoms with Crippen molar-refractivity contribution in [1.29, 1.82) is 0 Å². The molecule has 1 aromatic heterocycles. The summed E-state index contributed by atoms with van der Waals surface area (Å²) in [7, 11) is 1.18. The van der Waals surface area contributed by atoms with E-state index in [1.807, 2.05) is 0 Å². The molecule has 1 amide bonds. The average Bonchev–Trinajstić information content (AvgIpc) is 3.20. The van der Waals surface area contributed by atoms with Crippen LogP contribution >= 0.6 is 23.1 Å². The normalized spacial score (nSPS) is 24.6. The lowest BCUT2D eigenvalue weighted by atomic mass is 10.0. The zero-order valence-electron chi connectivity index (χ0n) is 14.8. The van der Waals surface area contributed by atoms with E-state index in [4.69, 9.17) is 4.74 Å². The van der Waals surface area contributed by atoms with Crippen molar-refractivity contribution in [3.63, 3.8) is 0 Å². The lowest BCUT2D eigenvalue weighted by Crippen LogP contribution is -2.63. The molecule has 1 aliphatic rings. The van der Waals surface area contributed by atoms with Crippen LogP contribution in [0.15, 0.2) is 16.8 Å². The van der Waals surface area contributed by atoms with E-state index in [0.717, 1.165) is 11.8 Å². The number of ether oxygens (including phenoxy) is 1. The third-order valence-electron chi connectivity index (χ3n) is 4.29. The Morgan fingerprint density at radius 1 is 1.41 bits per heavy atom. The maximum absolute atomic E-state index is 12.7. The van der Waals surface area contributed by atoms with Crippen molar-refractivity contribution in [2.45, 2.75) is 41.7 Å². The van der Waals surface area contributed by atoms with Gasteiger partial charge in [-0.15, -0.1) is 11.8 Å². The van der Waals surface area contributed by atoms with Gasteiger partial charge in [0.15, 0.2) is 12.2 Å². The number of aliphatic carboxylic acids is 2. The lowest BCUT2D eigenvalue weighted by molar-refractivity contribution is -0.150. The predicted octanol–water partition coefficient (Wildman–Crippen LogP) is 0.468. The molecule has 1 aromatic rings. The van der Waals surface area contributed by atoms with Crippen molar-refractivity contribution in [2.75, 3.05) is 7.11 Å². The van der Waals surface area contributed by atoms with Crippen LogP contribution in [0.25, 0.3) is 0 Å². The Morgan fingerprint density at radius 3 is 2.48 bits per heavy atom. The maximum Gasteiger partial charge on any atom is 0.322 e. The SMILES string of the molecule is CO[C@](C=O)(NC(=O)[C@H](C(=O)O)c1ccsc1)[C@@H]1N[C@@H](C(=O)O)C(C)(C)S1. The second-order valence-corrected chi connectivity index (χ2v) is 9.01. The van der Waals surface area contributed by atoms with Gasteiger partial charge in [0, 0.05) is 11.9 Å². The van der Waals surface area contributed by atoms with Crippen LogP contribution in [0.4, 0.5) is 0 Å². The fourth-order valence-electron chi connectivity index (χ4n) is 2.81. The van der Waals surface area contributed by atoms with E-state index in [2.05, 4.69) is 10.6 Å². The summed E-state index contributed by atoms with van der Waals surface area (Å²) < 4.78 is 4.45. The minimum absolute atomic E-state index is 0.275. The Labute approximate surface area is 163 Å². The number of carbonyl (C=O) groups is 4. The maximum atomic E-state index is 12.7. The predicted molar refractivity (Wildman–Crippen MR) is 98.7 cm³/mol. The van der Waals surface area contributed by atoms with Crippen molar-refractivity contribution in [3.8, 4) is 0 Å². The molecular weight excluding hydrogens is 396 g/mol. The van der Waals surface area contributed by atoms with Crippen LogP contribution in [-0.4, -0.2) is 63.3 Å². The van der Waals surface area contributed by atoms with Gasteiger partial charge in [0.05, 0.1) is 0 Å². The third-order valence-corrected chi connectivity index (χ3v) is 6.55. The Bertz CT molecular complexity index is 737. The number of rotatable bonds is 8. The molecule has 1 aliphatic heterocycles. The first-order chi connectivity index (χ1) is 12.6. The first-order valence-corrected chi connectivity index (χ1v) is 9.65. The second-order valence-electron chi connectivity index (χ2n) is 6.47. The molecule has 0 saturated carbocycles. The summed E-state index contributed by atoms with van der Waals surface area (Å²) in [5.74, 6) is -4.95. The molecule has 27 heavy (non-hydrogen) atoms. The van der Waals surface area contributed by atoms with Crippen molar-refractivity contribution in [1.82, 2.24) is 10.6 Å². The molecule has 0 radical (unpaired) electrons. The van der Waals surface area contributed by atoms with Crippen molar-refractivity contribution >= 4 is 47.2 Å². The van der Waals surface area contributed by atoms with E-state index < -0.39 is 45.7 Å². The Hall–Kier alpha value is -1.95. The number of amides is 1. The average molecular weight is 416 g/mol. The fraction of sp³-hybridized carbons (Fsp3) is 0.500. The first kappa shape index (κ1) is 21.4. The highest BCUT2D eigenvalue weighted by Crippen LogP contribution is 2.42. The highest BCUT2D eigenvalue weighted by Gasteiger charge is 2.54. The third kappa shape index (κ3) is 4.15. The van der Waals surface area contributed by atoms with E-state index in [-0.39, 0.29) is 5.56 Å². The molecule has 1 fully saturated rings. The van der Waals surface area contributed by atoms with Gasteiger partial charge in [-0.1, -0.05) is 0 Å². The molecule has 4 N–H and O–H groups in total. The van der Waals surface area contributed by atoms with Crippen LogP contribution in [-0.2, 0) is 23.9 Å². The van der Waals surface area contributed by atoms with Crippen LogP contribution in [0.3, 0.4) is 0 Å². The molecule has 148 valence electrons. The number of thiophene rings is 1. The van der Waals surface area contributed by atoms with Crippen LogP contribution in [0.1, 0.15) is 25.3 Å². The number of carboxylic acids is 2. The second kappa shape index (κ2) is 7.97. The van der Waals surface area contributed by atoms with Crippen LogP contribution in [0.5, 0.6) is 0 Å². The molecule has 11 heteroatoms. The molecule has 0 unspecified atom stereocenters. The van der Waals surface area contributed by atoms with Gasteiger partial charge in [0.2, 0.25) is 11.6 Å². The Balaban J connectivity index is 2.31. The van der Waals surface area contributed by atoms with E-state index in [1.165, 1.54) is 29.9 Å². The summed E-state index contributed by atoms with van der Waals surface area (Å²) in [5.41, 5.74) is -1.66. The first-order valence-electron chi connectivity index (χ1n) is 7.83. The lowest BCUT2D eigenvalue weighted by Gasteiger charge is -2.34. The zero-order valence-corrected chi connectivity index (χ0v) is 16.4. The number of thioether (sulfide) groups is 1. The number of hydrogen-bond acceptors (Lipinski definition) is 8. The molecule has 4 atom stereocenters. The van der Waals surface area contributed by atoms with E-state index in [9.17, 15) is 29.4 Å². The van der Waals surface area contributed by atoms with Gasteiger partial charge < -0.3 is 20.3 Å². The van der Waals surface area contributed by atoms with Crippen LogP contribution in [0.2, 0.25) is 0 Å². The summed E-state index contributed by atoms with van der Waals surface area (Å²) in [6, 6.07) is 0.510. The van der Waals surface area contributed by atoms with Crippen molar-refractivity contribution in [3.05, 3.63) is 22.4 Å². The van der Waals surface area contributed by atoms with Crippen LogP contribution in [0, 0.1) is 0 Å². The fourth-order valence-corrected chi connectivity index (χ4v) is 5.00. The molecule has 0 aromatic carbocycles. The van der Waals surface area contributed by atoms with E-state index in [0.29, 0.717) is 6.29 Å². The number of carbonyl (C=O) groups excluding carboxylic acids is 2. The van der Waals surface area contributed by atoms with Crippen molar-refractivity contribution < 1.29 is 34.1 Å². The highest BCUT2D eigenvalue weighted by atomic mass is 32.2. The standard InChI is InChI=1S/C16H20N2O7S2/c1-15(2)10(13(23)24)17-14(27-15)16(7-19,25-3)18-11(20)9(12(21)22)8-4-5-26-6-8/h4-7,9-10,14,17H,1-3H3,(H,18,20)(H,21,22)(H,23,24)/t9-,10+,14-,16+/m1/s1. The van der Waals surface area contributed by atoms with Crippen LogP contribution < -0.4 is 10.6 Å². The van der Waals surface area contributed by atoms with Gasteiger partial charge in [-0.2, -0.15) is 11.3 Å². The van der Waals surface area contributed by atoms with E-state index in [1.54, 1.807) is 19.2 Å². The molecule has 0 spiro atoms. The summed E-state index contributed by atoms with van der Waals surface area (Å²) in [6.07, 6.45) is 0.336. The number of hydrogen-bond donors (Lipinski definition) is 4. The molecule has 9 nitrogen and oxygen atoms in total. The monoisotopic (exact) mass is 416 g/mol. The molecule has 2 heterocycles. The number of nitrogens with one attached hydrogen (secondary N) is 2. The summed E-state index contributed by atoms with van der Waals surface area (Å²) in [4.78, 5) is 47.6. The summed E-state index contributed by atoms with van der Waals surface area (Å²) in [6.45, 7) is 3.36. The van der Waals surface area contributed by atoms with Crippen molar-refractivity contribution in [2.24, 2.45) is 0 Å². The topological polar surface area (TPSA) is 142 Å². The van der Waals surface area contributed by atoms with Gasteiger partial charge in [0.25, 0.3) is 0 Å². The zero-order chi connectivity index (χ0) is 20.4. The highest BCUT2D eigenvalue weighted by molar-refractivity contribution is 8.01. The van der Waals surface area contributed by atoms with Gasteiger partial charge in [-0.3, -0.25) is 24.5 Å². The van der Waals surface area contributed by atoms with E-state index >= 15 is 0 Å². The minimum Gasteiger partial charge on any atom is -0.480 e. The molecular formula is C16H20N2O7S2. The molecule has 0 bridgehead atoms. The smallest absolute Gasteiger partial charge is 0.322 e. The number of aldehydes is 1. The Morgan fingerprint density at radius 2 is 2.07 bits per heavy atom. The number of carboxylic acid groups (broad SMARTS) is 2. The number of methoxy groups -OCH3 is 1. The summed E-state index contributed by atoms with van der Waals surface area (Å²) >= 11 is 2.35. The quantitative estimate of drug-likeness (QED) is 0.270. The Kier molecular flexibility index (Phi) is 6.30. The van der Waals surface area contributed by atoms with Gasteiger partial charge in [-0.05, 0) is 36.2 Å². The largest absolute Gasteiger partial charge is 0.480 e. The van der Waals surface area contributed by atoms with Gasteiger partial charge in [-0.25, -0.2) is 0 Å². The minimum atomic E-state index is -1.94. The summed E-state index contributed by atoms with van der Waals surface area (Å²) in [5, 5.41) is 26.2.